The van der Waals surface area contributed by atoms with Gasteiger partial charge in [0, 0.05) is 13.0 Å². The van der Waals surface area contributed by atoms with Crippen molar-refractivity contribution < 1.29 is 38.3 Å². The van der Waals surface area contributed by atoms with E-state index in [-0.39, 0.29) is 54.7 Å². The average molecular weight is 498 g/mol. The van der Waals surface area contributed by atoms with Crippen LogP contribution in [0.25, 0.3) is 0 Å². The Labute approximate surface area is 202 Å². The SMILES string of the molecule is COC(=O)C(CCCN=C(N)N)NC(=O)OC(C)c1cc(OC)c(OCCCC=O)cc1[N+](=O)[O-]. The molecule has 0 saturated carbocycles. The van der Waals surface area contributed by atoms with Crippen LogP contribution < -0.4 is 26.3 Å². The maximum Gasteiger partial charge on any atom is 0.408 e. The molecule has 0 heterocycles. The number of benzene rings is 1. The van der Waals surface area contributed by atoms with Crippen LogP contribution in [-0.2, 0) is 19.1 Å². The summed E-state index contributed by atoms with van der Waals surface area (Å²) in [5.41, 5.74) is 10.2. The van der Waals surface area contributed by atoms with Crippen LogP contribution in [0.3, 0.4) is 0 Å². The van der Waals surface area contributed by atoms with Crippen LogP contribution in [-0.4, -0.2) is 62.6 Å². The molecule has 2 atom stereocenters. The molecule has 35 heavy (non-hydrogen) atoms. The van der Waals surface area contributed by atoms with E-state index in [2.05, 4.69) is 15.0 Å². The summed E-state index contributed by atoms with van der Waals surface area (Å²) in [6, 6.07) is 1.45. The molecule has 14 nitrogen and oxygen atoms in total. The predicted molar refractivity (Wildman–Crippen MR) is 124 cm³/mol. The van der Waals surface area contributed by atoms with Crippen molar-refractivity contribution in [3.05, 3.63) is 27.8 Å². The van der Waals surface area contributed by atoms with Crippen molar-refractivity contribution in [3.63, 3.8) is 0 Å². The van der Waals surface area contributed by atoms with Crippen LogP contribution in [0.2, 0.25) is 0 Å². The first-order valence-electron chi connectivity index (χ1n) is 10.7. The molecule has 0 saturated heterocycles. The van der Waals surface area contributed by atoms with E-state index < -0.39 is 29.1 Å². The molecule has 1 aromatic carbocycles. The number of carbonyl (C=O) groups excluding carboxylic acids is 3. The molecule has 2 unspecified atom stereocenters. The molecule has 0 fully saturated rings. The third-order valence-electron chi connectivity index (χ3n) is 4.68. The number of amides is 1. The molecule has 0 aliphatic rings. The number of guanidine groups is 1. The number of nitrogens with zero attached hydrogens (tertiary/aromatic N) is 2. The molecule has 1 rings (SSSR count). The van der Waals surface area contributed by atoms with E-state index in [0.717, 1.165) is 12.4 Å². The number of nitrogens with one attached hydrogen (secondary N) is 1. The Morgan fingerprint density at radius 1 is 1.23 bits per heavy atom. The van der Waals surface area contributed by atoms with E-state index in [1.807, 2.05) is 0 Å². The van der Waals surface area contributed by atoms with Gasteiger partial charge in [-0.1, -0.05) is 0 Å². The van der Waals surface area contributed by atoms with Gasteiger partial charge >= 0.3 is 12.1 Å². The molecule has 0 aliphatic carbocycles. The summed E-state index contributed by atoms with van der Waals surface area (Å²) in [4.78, 5) is 49.7. The summed E-state index contributed by atoms with van der Waals surface area (Å²) in [6.07, 6.45) is -0.101. The fourth-order valence-corrected chi connectivity index (χ4v) is 2.96. The first kappa shape index (κ1) is 28.9. The van der Waals surface area contributed by atoms with Crippen molar-refractivity contribution in [2.24, 2.45) is 16.5 Å². The Balaban J connectivity index is 2.98. The second-order valence-corrected chi connectivity index (χ2v) is 7.19. The fraction of sp³-hybridized carbons (Fsp3) is 0.524. The van der Waals surface area contributed by atoms with E-state index in [4.69, 9.17) is 25.7 Å². The van der Waals surface area contributed by atoms with Gasteiger partial charge in [0.15, 0.2) is 17.5 Å². The molecule has 14 heteroatoms. The van der Waals surface area contributed by atoms with Crippen LogP contribution >= 0.6 is 0 Å². The lowest BCUT2D eigenvalue weighted by molar-refractivity contribution is -0.386. The third-order valence-corrected chi connectivity index (χ3v) is 4.68. The second kappa shape index (κ2) is 14.9. The quantitative estimate of drug-likeness (QED) is 0.0599. The molecule has 0 radical (unpaired) electrons. The number of nitro benzene ring substituents is 1. The van der Waals surface area contributed by atoms with Crippen molar-refractivity contribution >= 4 is 30.0 Å². The van der Waals surface area contributed by atoms with Gasteiger partial charge in [-0.25, -0.2) is 9.59 Å². The smallest absolute Gasteiger partial charge is 0.408 e. The Morgan fingerprint density at radius 2 is 1.94 bits per heavy atom. The topological polar surface area (TPSA) is 208 Å². The normalized spacial score (nSPS) is 12.0. The zero-order chi connectivity index (χ0) is 26.4. The van der Waals surface area contributed by atoms with Crippen LogP contribution in [0.5, 0.6) is 11.5 Å². The third kappa shape index (κ3) is 9.73. The summed E-state index contributed by atoms with van der Waals surface area (Å²) in [5, 5.41) is 14.0. The molecule has 5 N–H and O–H groups in total. The number of methoxy groups -OCH3 is 2. The summed E-state index contributed by atoms with van der Waals surface area (Å²) in [6.45, 7) is 1.81. The number of unbranched alkanes of at least 4 members (excludes halogenated alkanes) is 1. The minimum atomic E-state index is -1.09. The standard InChI is InChI=1S/C21H31N5O9/c1-13(35-21(29)25-15(19(28)33-3)7-6-8-24-20(22)23)14-11-17(32-2)18(12-16(14)26(30)31)34-10-5-4-9-27/h9,11-13,15H,4-8,10H2,1-3H3,(H,25,29)(H4,22,23,24). The average Bonchev–Trinajstić information content (AvgIpc) is 2.82. The number of ether oxygens (including phenoxy) is 4. The number of hydrogen-bond donors (Lipinski definition) is 3. The second-order valence-electron chi connectivity index (χ2n) is 7.19. The molecule has 1 amide bonds. The van der Waals surface area contributed by atoms with Gasteiger partial charge in [-0.2, -0.15) is 0 Å². The first-order valence-corrected chi connectivity index (χ1v) is 10.7. The summed E-state index contributed by atoms with van der Waals surface area (Å²) in [5.74, 6) is -0.519. The zero-order valence-corrected chi connectivity index (χ0v) is 19.9. The van der Waals surface area contributed by atoms with Gasteiger partial charge in [0.2, 0.25) is 0 Å². The highest BCUT2D eigenvalue weighted by molar-refractivity contribution is 5.81. The number of nitro groups is 1. The van der Waals surface area contributed by atoms with Gasteiger partial charge in [-0.15, -0.1) is 0 Å². The van der Waals surface area contributed by atoms with Crippen LogP contribution in [0, 0.1) is 10.1 Å². The van der Waals surface area contributed by atoms with Gasteiger partial charge in [-0.05, 0) is 32.3 Å². The number of esters is 1. The summed E-state index contributed by atoms with van der Waals surface area (Å²) >= 11 is 0. The maximum absolute atomic E-state index is 12.4. The Kier molecular flexibility index (Phi) is 12.3. The van der Waals surface area contributed by atoms with Crippen molar-refractivity contribution in [1.29, 1.82) is 0 Å². The fourth-order valence-electron chi connectivity index (χ4n) is 2.96. The number of alkyl carbamates (subject to hydrolysis) is 1. The highest BCUT2D eigenvalue weighted by Gasteiger charge is 2.28. The number of carbonyl (C=O) groups is 3. The Bertz CT molecular complexity index is 919. The van der Waals surface area contributed by atoms with Crippen LogP contribution in [0.1, 0.15) is 44.3 Å². The van der Waals surface area contributed by atoms with Crippen molar-refractivity contribution in [3.8, 4) is 11.5 Å². The molecule has 0 aliphatic heterocycles. The molecule has 194 valence electrons. The van der Waals surface area contributed by atoms with Gasteiger partial charge in [0.25, 0.3) is 5.69 Å². The number of rotatable bonds is 15. The van der Waals surface area contributed by atoms with Crippen LogP contribution in [0.15, 0.2) is 17.1 Å². The van der Waals surface area contributed by atoms with E-state index >= 15 is 0 Å². The Hall–Kier alpha value is -4.10. The van der Waals surface area contributed by atoms with Gasteiger partial charge in [0.05, 0.1) is 37.4 Å². The molecular weight excluding hydrogens is 466 g/mol. The Morgan fingerprint density at radius 3 is 2.51 bits per heavy atom. The van der Waals surface area contributed by atoms with E-state index in [0.29, 0.717) is 12.8 Å². The molecule has 1 aromatic rings. The van der Waals surface area contributed by atoms with Gasteiger partial charge in [-0.3, -0.25) is 15.1 Å². The predicted octanol–water partition coefficient (Wildman–Crippen LogP) is 1.34. The number of hydrogen-bond acceptors (Lipinski definition) is 10. The monoisotopic (exact) mass is 497 g/mol. The van der Waals surface area contributed by atoms with E-state index in [1.165, 1.54) is 27.2 Å². The highest BCUT2D eigenvalue weighted by atomic mass is 16.6. The zero-order valence-electron chi connectivity index (χ0n) is 19.9. The van der Waals surface area contributed by atoms with Crippen LogP contribution in [0.4, 0.5) is 10.5 Å². The van der Waals surface area contributed by atoms with Gasteiger partial charge in [0.1, 0.15) is 18.4 Å². The molecular formula is C21H31N5O9. The molecule has 0 aromatic heterocycles. The number of nitrogens with two attached hydrogens (primary N) is 2. The molecule has 0 spiro atoms. The summed E-state index contributed by atoms with van der Waals surface area (Å²) < 4.78 is 20.7. The summed E-state index contributed by atoms with van der Waals surface area (Å²) in [7, 11) is 2.52. The largest absolute Gasteiger partial charge is 0.493 e. The van der Waals surface area contributed by atoms with Gasteiger partial charge < -0.3 is 40.5 Å². The van der Waals surface area contributed by atoms with Crippen molar-refractivity contribution in [2.45, 2.75) is 44.8 Å². The lowest BCUT2D eigenvalue weighted by Crippen LogP contribution is -2.42. The highest BCUT2D eigenvalue weighted by Crippen LogP contribution is 2.38. The lowest BCUT2D eigenvalue weighted by atomic mass is 10.1. The number of aldehydes is 1. The lowest BCUT2D eigenvalue weighted by Gasteiger charge is -2.20. The minimum absolute atomic E-state index is 0.0459. The van der Waals surface area contributed by atoms with E-state index in [1.54, 1.807) is 0 Å². The van der Waals surface area contributed by atoms with Crippen molar-refractivity contribution in [2.75, 3.05) is 27.4 Å². The van der Waals surface area contributed by atoms with Crippen molar-refractivity contribution in [1.82, 2.24) is 5.32 Å². The molecule has 0 bridgehead atoms. The van der Waals surface area contributed by atoms with E-state index in [9.17, 15) is 24.5 Å². The number of aliphatic imine (C=N–C) groups is 1. The minimum Gasteiger partial charge on any atom is -0.493 e. The maximum atomic E-state index is 12.4. The first-order chi connectivity index (χ1) is 16.6.